The van der Waals surface area contributed by atoms with Gasteiger partial charge in [-0.25, -0.2) is 13.8 Å². The van der Waals surface area contributed by atoms with Crippen LogP contribution in [0.25, 0.3) is 0 Å². The maximum absolute atomic E-state index is 9.44. The van der Waals surface area contributed by atoms with Crippen LogP contribution in [0, 0.1) is 0 Å². The highest BCUT2D eigenvalue weighted by Gasteiger charge is 1.50. The molecule has 0 aromatic rings. The maximum Gasteiger partial charge on any atom is 0.230 e. The van der Waals surface area contributed by atoms with Crippen molar-refractivity contribution in [3.63, 3.8) is 0 Å². The van der Waals surface area contributed by atoms with E-state index in [2.05, 4.69) is 0 Å². The minimum Gasteiger partial charge on any atom is -0.218 e. The van der Waals surface area contributed by atoms with Crippen LogP contribution < -0.4 is 0 Å². The summed E-state index contributed by atoms with van der Waals surface area (Å²) in [5.41, 5.74) is 0. The van der Waals surface area contributed by atoms with Crippen LogP contribution in [0.15, 0.2) is 0 Å². The Kier molecular flexibility index (Phi) is 2.09. The molecule has 0 rings (SSSR count). The van der Waals surface area contributed by atoms with Crippen molar-refractivity contribution in [2.45, 2.75) is 0 Å². The summed E-state index contributed by atoms with van der Waals surface area (Å²) in [6.45, 7) is 0. The van der Waals surface area contributed by atoms with Gasteiger partial charge in [0.1, 0.15) is 0 Å². The highest BCUT2D eigenvalue weighted by atomic mass is 32.1. The maximum atomic E-state index is 9.44. The molecule has 3 nitrogen and oxygen atoms in total. The van der Waals surface area contributed by atoms with E-state index in [1.807, 2.05) is 0 Å². The van der Waals surface area contributed by atoms with E-state index >= 15 is 0 Å². The molecule has 0 bridgehead atoms. The van der Waals surface area contributed by atoms with E-state index in [-0.39, 0.29) is 0 Å². The van der Waals surface area contributed by atoms with Crippen LogP contribution in [0.2, 0.25) is 0 Å². The van der Waals surface area contributed by atoms with Crippen LogP contribution >= 0.6 is 0 Å². The first-order valence-corrected chi connectivity index (χ1v) is 2.13. The monoisotopic (exact) mass is 104 g/mol. The smallest absolute Gasteiger partial charge is 0.218 e. The zero-order valence-electron chi connectivity index (χ0n) is 2.63. The Bertz CT molecular complexity index is 181. The van der Waals surface area contributed by atoms with Gasteiger partial charge in [-0.3, -0.25) is 0 Å². The van der Waals surface area contributed by atoms with Crippen LogP contribution in [0.5, 0.6) is 0 Å². The van der Waals surface area contributed by atoms with Crippen LogP contribution in [0.4, 0.5) is 0 Å². The summed E-state index contributed by atoms with van der Waals surface area (Å²) in [4.78, 5) is 18.1. The fraction of sp³-hybridized carbons (Fsp3) is 0. The normalized spacial score (nSPS) is 5.33. The van der Waals surface area contributed by atoms with Gasteiger partial charge in [0.25, 0.3) is 0 Å². The van der Waals surface area contributed by atoms with Crippen molar-refractivity contribution in [2.75, 3.05) is 0 Å². The zero-order valence-corrected chi connectivity index (χ0v) is 3.45. The molecular formula is C2O3S. The molecule has 0 atom stereocenters. The van der Waals surface area contributed by atoms with Gasteiger partial charge in [0.15, 0.2) is 9.98 Å². The van der Waals surface area contributed by atoms with E-state index in [9.17, 15) is 4.21 Å². The summed E-state index contributed by atoms with van der Waals surface area (Å²) in [6.07, 6.45) is 0. The SMILES string of the molecule is O=C=S(=O)=C=O. The van der Waals surface area contributed by atoms with Gasteiger partial charge in [0.05, 0.1) is 0 Å². The van der Waals surface area contributed by atoms with Gasteiger partial charge in [-0.1, -0.05) is 0 Å². The molecule has 0 aliphatic rings. The predicted octanol–water partition coefficient (Wildman–Crippen LogP) is -1.13. The summed E-state index contributed by atoms with van der Waals surface area (Å²) >= 11 is 0. The fourth-order valence-electron chi connectivity index (χ4n) is 0.0170. The quantitative estimate of drug-likeness (QED) is 0.365. The molecule has 0 radical (unpaired) electrons. The fourth-order valence-corrected chi connectivity index (χ4v) is 0.0510. The lowest BCUT2D eigenvalue weighted by Gasteiger charge is -1.27. The summed E-state index contributed by atoms with van der Waals surface area (Å²) in [6, 6.07) is 0. The van der Waals surface area contributed by atoms with Crippen molar-refractivity contribution in [1.82, 2.24) is 0 Å². The largest absolute Gasteiger partial charge is 0.230 e. The average Bonchev–Trinajstić information content (AvgIpc) is 1.65. The topological polar surface area (TPSA) is 51.2 Å². The third kappa shape index (κ3) is 1.49. The van der Waals surface area contributed by atoms with Gasteiger partial charge in [-0.15, -0.1) is 0 Å². The Balaban J connectivity index is 5.51. The second-order valence-electron chi connectivity index (χ2n) is 0.435. The Morgan fingerprint density at radius 2 is 1.50 bits per heavy atom. The van der Waals surface area contributed by atoms with E-state index in [0.29, 0.717) is 0 Å². The Hall–Kier alpha value is -0.820. The molecule has 0 unspecified atom stereocenters. The first-order chi connectivity index (χ1) is 2.81. The summed E-state index contributed by atoms with van der Waals surface area (Å²) in [7, 11) is -2.15. The Labute approximate surface area is 35.2 Å². The second kappa shape index (κ2) is 2.42. The highest BCUT2D eigenvalue weighted by molar-refractivity contribution is 7.80. The standard InChI is InChI=1S/C2O3S/c3-1-6(5)2-4. The van der Waals surface area contributed by atoms with Crippen molar-refractivity contribution >= 4 is 20.4 Å². The molecule has 0 aliphatic carbocycles. The van der Waals surface area contributed by atoms with Crippen LogP contribution in [-0.2, 0) is 19.6 Å². The van der Waals surface area contributed by atoms with Crippen molar-refractivity contribution in [2.24, 2.45) is 0 Å². The van der Waals surface area contributed by atoms with E-state index in [4.69, 9.17) is 9.59 Å². The summed E-state index contributed by atoms with van der Waals surface area (Å²) in [5, 5.41) is 1.83. The summed E-state index contributed by atoms with van der Waals surface area (Å²) < 4.78 is 9.44. The van der Waals surface area contributed by atoms with Gasteiger partial charge in [-0.2, -0.15) is 0 Å². The third-order valence-electron chi connectivity index (χ3n) is 0.151. The minimum absolute atomic E-state index is 0.913. The molecule has 0 saturated carbocycles. The molecule has 6 heavy (non-hydrogen) atoms. The number of rotatable bonds is 0. The molecule has 0 aliphatic heterocycles. The molecule has 0 spiro atoms. The molecular weight excluding hydrogens is 104 g/mol. The van der Waals surface area contributed by atoms with Crippen molar-refractivity contribution in [1.29, 1.82) is 0 Å². The summed E-state index contributed by atoms with van der Waals surface area (Å²) in [5.74, 6) is 0. The molecule has 0 N–H and O–H groups in total. The molecule has 0 aromatic carbocycles. The van der Waals surface area contributed by atoms with Gasteiger partial charge < -0.3 is 0 Å². The Morgan fingerprint density at radius 1 is 1.17 bits per heavy atom. The lowest BCUT2D eigenvalue weighted by molar-refractivity contribution is 0.568. The molecule has 0 heterocycles. The van der Waals surface area contributed by atoms with Gasteiger partial charge in [-0.05, 0) is 0 Å². The molecule has 0 saturated heterocycles. The number of hydrogen-bond donors (Lipinski definition) is 0. The molecule has 4 heteroatoms. The van der Waals surface area contributed by atoms with E-state index in [1.54, 1.807) is 0 Å². The van der Waals surface area contributed by atoms with Crippen molar-refractivity contribution < 1.29 is 13.8 Å². The highest BCUT2D eigenvalue weighted by Crippen LogP contribution is 1.22. The second-order valence-corrected chi connectivity index (χ2v) is 1.31. The first kappa shape index (κ1) is 5.18. The molecule has 32 valence electrons. The van der Waals surface area contributed by atoms with Gasteiger partial charge in [0, 0.05) is 0 Å². The van der Waals surface area contributed by atoms with Gasteiger partial charge >= 0.3 is 0 Å². The zero-order chi connectivity index (χ0) is 4.99. The molecule has 0 fully saturated rings. The molecule has 0 aromatic heterocycles. The van der Waals surface area contributed by atoms with Crippen LogP contribution in [0.1, 0.15) is 0 Å². The lowest BCUT2D eigenvalue weighted by Crippen LogP contribution is -1.53. The predicted molar refractivity (Wildman–Crippen MR) is 19.5 cm³/mol. The number of hydrogen-bond acceptors (Lipinski definition) is 3. The first-order valence-electron chi connectivity index (χ1n) is 0.983. The van der Waals surface area contributed by atoms with Crippen molar-refractivity contribution in [3.05, 3.63) is 0 Å². The average molecular weight is 104 g/mol. The lowest BCUT2D eigenvalue weighted by atomic mass is 11.8. The van der Waals surface area contributed by atoms with Crippen LogP contribution in [0.3, 0.4) is 0 Å². The minimum atomic E-state index is -2.15. The Morgan fingerprint density at radius 3 is 1.50 bits per heavy atom. The van der Waals surface area contributed by atoms with E-state index < -0.39 is 9.98 Å². The number of carbonyl (C=O) groups excluding carboxylic acids is 2. The molecule has 0 amide bonds. The van der Waals surface area contributed by atoms with E-state index in [1.165, 1.54) is 0 Å². The van der Waals surface area contributed by atoms with Crippen molar-refractivity contribution in [3.8, 4) is 0 Å². The third-order valence-corrected chi connectivity index (χ3v) is 0.454. The van der Waals surface area contributed by atoms with Crippen LogP contribution in [-0.4, -0.2) is 14.7 Å². The van der Waals surface area contributed by atoms with Gasteiger partial charge in [0.2, 0.25) is 10.5 Å². The van der Waals surface area contributed by atoms with E-state index in [0.717, 1.165) is 10.5 Å².